The summed E-state index contributed by atoms with van der Waals surface area (Å²) in [7, 11) is 1.74. The molecular weight excluding hydrogens is 334 g/mol. The van der Waals surface area contributed by atoms with Gasteiger partial charge in [0.1, 0.15) is 5.69 Å². The van der Waals surface area contributed by atoms with Gasteiger partial charge in [-0.2, -0.15) is 4.98 Å². The van der Waals surface area contributed by atoms with E-state index >= 15 is 0 Å². The van der Waals surface area contributed by atoms with Crippen LogP contribution in [0.1, 0.15) is 35.6 Å². The highest BCUT2D eigenvalue weighted by Gasteiger charge is 2.15. The summed E-state index contributed by atoms with van der Waals surface area (Å²) >= 11 is 1.70. The van der Waals surface area contributed by atoms with Gasteiger partial charge in [0, 0.05) is 29.9 Å². The van der Waals surface area contributed by atoms with Crippen molar-refractivity contribution in [2.24, 2.45) is 5.92 Å². The maximum absolute atomic E-state index is 12.5. The second-order valence-corrected chi connectivity index (χ2v) is 7.75. The monoisotopic (exact) mass is 359 g/mol. The van der Waals surface area contributed by atoms with Crippen LogP contribution in [0.3, 0.4) is 0 Å². The van der Waals surface area contributed by atoms with Gasteiger partial charge in [0.2, 0.25) is 0 Å². The molecule has 6 heteroatoms. The lowest BCUT2D eigenvalue weighted by Gasteiger charge is -2.17. The van der Waals surface area contributed by atoms with Crippen LogP contribution in [0.25, 0.3) is 0 Å². The molecule has 1 heterocycles. The first-order valence-corrected chi connectivity index (χ1v) is 9.39. The molecule has 1 aromatic carbocycles. The summed E-state index contributed by atoms with van der Waals surface area (Å²) in [6.07, 6.45) is 0.713. The van der Waals surface area contributed by atoms with Gasteiger partial charge in [0.15, 0.2) is 0 Å². The number of aromatic nitrogens is 2. The summed E-state index contributed by atoms with van der Waals surface area (Å²) in [4.78, 5) is 33.6. The molecule has 0 bridgehead atoms. The molecule has 0 aliphatic rings. The van der Waals surface area contributed by atoms with Gasteiger partial charge in [-0.05, 0) is 37.5 Å². The van der Waals surface area contributed by atoms with E-state index in [4.69, 9.17) is 0 Å². The van der Waals surface area contributed by atoms with Gasteiger partial charge in [-0.15, -0.1) is 11.8 Å². The number of rotatable bonds is 7. The second kappa shape index (κ2) is 8.85. The Morgan fingerprint density at radius 2 is 1.96 bits per heavy atom. The molecule has 2 rings (SSSR count). The van der Waals surface area contributed by atoms with Crippen LogP contribution in [0.2, 0.25) is 0 Å². The molecular formula is C19H25N3O2S. The van der Waals surface area contributed by atoms with Crippen molar-refractivity contribution in [3.05, 3.63) is 57.8 Å². The van der Waals surface area contributed by atoms with E-state index in [9.17, 15) is 9.59 Å². The Morgan fingerprint density at radius 3 is 2.60 bits per heavy atom. The molecule has 0 spiro atoms. The summed E-state index contributed by atoms with van der Waals surface area (Å²) in [5, 5.41) is 0. The van der Waals surface area contributed by atoms with Crippen LogP contribution in [0.5, 0.6) is 0 Å². The van der Waals surface area contributed by atoms with Gasteiger partial charge < -0.3 is 9.88 Å². The first kappa shape index (κ1) is 19.2. The molecule has 0 saturated heterocycles. The molecule has 1 amide bonds. The number of H-pyrrole nitrogens is 1. The number of benzene rings is 1. The summed E-state index contributed by atoms with van der Waals surface area (Å²) in [6, 6.07) is 10.0. The van der Waals surface area contributed by atoms with Gasteiger partial charge >= 0.3 is 5.69 Å². The molecule has 0 radical (unpaired) electrons. The Labute approximate surface area is 152 Å². The number of carbonyl (C=O) groups is 1. The number of nitrogens with zero attached hydrogens (tertiary/aromatic N) is 2. The summed E-state index contributed by atoms with van der Waals surface area (Å²) in [5.41, 5.74) is 1.72. The lowest BCUT2D eigenvalue weighted by Crippen LogP contribution is -2.31. The average molecular weight is 359 g/mol. The Morgan fingerprint density at radius 1 is 1.28 bits per heavy atom. The summed E-state index contributed by atoms with van der Waals surface area (Å²) in [6.45, 7) is 6.78. The molecule has 0 atom stereocenters. The highest BCUT2D eigenvalue weighted by atomic mass is 32.2. The van der Waals surface area contributed by atoms with Crippen LogP contribution in [0.4, 0.5) is 0 Å². The number of hydrogen-bond acceptors (Lipinski definition) is 4. The van der Waals surface area contributed by atoms with Crippen LogP contribution in [-0.4, -0.2) is 40.1 Å². The zero-order valence-corrected chi connectivity index (χ0v) is 16.0. The van der Waals surface area contributed by atoms with Crippen molar-refractivity contribution in [3.8, 4) is 0 Å². The number of nitrogens with one attached hydrogen (secondary N) is 1. The molecule has 0 saturated carbocycles. The van der Waals surface area contributed by atoms with Crippen LogP contribution in [-0.2, 0) is 6.42 Å². The second-order valence-electron chi connectivity index (χ2n) is 6.58. The van der Waals surface area contributed by atoms with E-state index < -0.39 is 5.69 Å². The molecule has 0 aliphatic heterocycles. The predicted octanol–water partition coefficient (Wildman–Crippen LogP) is 3.14. The normalized spacial score (nSPS) is 10.9. The topological polar surface area (TPSA) is 66.1 Å². The van der Waals surface area contributed by atoms with Crippen molar-refractivity contribution in [3.63, 3.8) is 0 Å². The number of carbonyl (C=O) groups excluding carboxylic acids is 1. The van der Waals surface area contributed by atoms with Crippen molar-refractivity contribution >= 4 is 17.7 Å². The third-order valence-electron chi connectivity index (χ3n) is 3.71. The SMILES string of the molecule is Cc1ccc(SCCN(C)C(=O)c2cc(CC(C)C)[nH]c(=O)n2)cc1. The van der Waals surface area contributed by atoms with E-state index in [1.165, 1.54) is 10.5 Å². The van der Waals surface area contributed by atoms with Crippen molar-refractivity contribution in [2.75, 3.05) is 19.3 Å². The van der Waals surface area contributed by atoms with Gasteiger partial charge in [-0.1, -0.05) is 31.5 Å². The molecule has 0 unspecified atom stereocenters. The van der Waals surface area contributed by atoms with Gasteiger partial charge in [0.25, 0.3) is 5.91 Å². The number of aromatic amines is 1. The minimum Gasteiger partial charge on any atom is -0.340 e. The van der Waals surface area contributed by atoms with Crippen molar-refractivity contribution in [1.82, 2.24) is 14.9 Å². The lowest BCUT2D eigenvalue weighted by atomic mass is 10.1. The first-order valence-electron chi connectivity index (χ1n) is 8.40. The number of amides is 1. The minimum absolute atomic E-state index is 0.210. The highest BCUT2D eigenvalue weighted by Crippen LogP contribution is 2.18. The largest absolute Gasteiger partial charge is 0.345 e. The Bertz CT molecular complexity index is 769. The Hall–Kier alpha value is -2.08. The first-order chi connectivity index (χ1) is 11.8. The summed E-state index contributed by atoms with van der Waals surface area (Å²) < 4.78 is 0. The van der Waals surface area contributed by atoms with Crippen LogP contribution in [0, 0.1) is 12.8 Å². The van der Waals surface area contributed by atoms with Gasteiger partial charge in [0.05, 0.1) is 0 Å². The van der Waals surface area contributed by atoms with Crippen LogP contribution in [0.15, 0.2) is 40.0 Å². The third kappa shape index (κ3) is 6.05. The predicted molar refractivity (Wildman–Crippen MR) is 102 cm³/mol. The fourth-order valence-electron chi connectivity index (χ4n) is 2.40. The van der Waals surface area contributed by atoms with E-state index in [1.807, 2.05) is 0 Å². The zero-order valence-electron chi connectivity index (χ0n) is 15.2. The van der Waals surface area contributed by atoms with Crippen LogP contribution < -0.4 is 5.69 Å². The molecule has 134 valence electrons. The Kier molecular flexibility index (Phi) is 6.82. The molecule has 2 aromatic rings. The Balaban J connectivity index is 1.96. The van der Waals surface area contributed by atoms with E-state index in [2.05, 4.69) is 55.0 Å². The van der Waals surface area contributed by atoms with Crippen molar-refractivity contribution in [1.29, 1.82) is 0 Å². The maximum atomic E-state index is 12.5. The molecule has 0 aliphatic carbocycles. The standard InChI is InChI=1S/C19H25N3O2S/c1-13(2)11-15-12-17(21-19(24)20-15)18(23)22(4)9-10-25-16-7-5-14(3)6-8-16/h5-8,12-13H,9-11H2,1-4H3,(H,20,21,24). The number of thioether (sulfide) groups is 1. The van der Waals surface area contributed by atoms with E-state index in [-0.39, 0.29) is 11.6 Å². The van der Waals surface area contributed by atoms with Crippen molar-refractivity contribution in [2.45, 2.75) is 32.1 Å². The molecule has 5 nitrogen and oxygen atoms in total. The molecule has 1 N–H and O–H groups in total. The van der Waals surface area contributed by atoms with Gasteiger partial charge in [-0.25, -0.2) is 4.79 Å². The highest BCUT2D eigenvalue weighted by molar-refractivity contribution is 7.99. The zero-order chi connectivity index (χ0) is 18.4. The molecule has 25 heavy (non-hydrogen) atoms. The molecule has 1 aromatic heterocycles. The molecule has 0 fully saturated rings. The number of aryl methyl sites for hydroxylation is 1. The number of hydrogen-bond donors (Lipinski definition) is 1. The summed E-state index contributed by atoms with van der Waals surface area (Å²) in [5.74, 6) is 0.957. The van der Waals surface area contributed by atoms with Gasteiger partial charge in [-0.3, -0.25) is 4.79 Å². The van der Waals surface area contributed by atoms with E-state index in [0.717, 1.165) is 11.4 Å². The minimum atomic E-state index is -0.469. The fourth-order valence-corrected chi connectivity index (χ4v) is 3.33. The van der Waals surface area contributed by atoms with Crippen LogP contribution >= 0.6 is 11.8 Å². The van der Waals surface area contributed by atoms with Crippen molar-refractivity contribution < 1.29 is 4.79 Å². The van der Waals surface area contributed by atoms with E-state index in [0.29, 0.717) is 18.9 Å². The maximum Gasteiger partial charge on any atom is 0.345 e. The van der Waals surface area contributed by atoms with E-state index in [1.54, 1.807) is 29.8 Å². The quantitative estimate of drug-likeness (QED) is 0.771. The third-order valence-corrected chi connectivity index (χ3v) is 4.70. The smallest absolute Gasteiger partial charge is 0.340 e. The lowest BCUT2D eigenvalue weighted by molar-refractivity contribution is 0.0797. The fraction of sp³-hybridized carbons (Fsp3) is 0.421. The average Bonchev–Trinajstić information content (AvgIpc) is 2.54.